The lowest BCUT2D eigenvalue weighted by atomic mass is 9.92. The average Bonchev–Trinajstić information content (AvgIpc) is 2.34. The molecule has 0 N–H and O–H groups in total. The van der Waals surface area contributed by atoms with Gasteiger partial charge in [0.15, 0.2) is 0 Å². The molecular weight excluding hydrogens is 235 g/mol. The summed E-state index contributed by atoms with van der Waals surface area (Å²) in [7, 11) is 0. The van der Waals surface area contributed by atoms with Gasteiger partial charge in [0, 0.05) is 13.1 Å². The van der Waals surface area contributed by atoms with E-state index in [0.29, 0.717) is 19.0 Å². The molecule has 2 amide bonds. The molecule has 2 heterocycles. The van der Waals surface area contributed by atoms with Crippen LogP contribution in [0.15, 0.2) is 12.7 Å². The fourth-order valence-corrected chi connectivity index (χ4v) is 2.47. The summed E-state index contributed by atoms with van der Waals surface area (Å²) in [6.07, 6.45) is 3.00. The molecule has 18 heavy (non-hydrogen) atoms. The summed E-state index contributed by atoms with van der Waals surface area (Å²) in [5, 5.41) is 0. The Hall–Kier alpha value is -1.39. The quantitative estimate of drug-likeness (QED) is 0.689. The van der Waals surface area contributed by atoms with E-state index in [0.717, 1.165) is 18.9 Å². The van der Waals surface area contributed by atoms with Gasteiger partial charge in [0.2, 0.25) is 11.6 Å². The highest BCUT2D eigenvalue weighted by molar-refractivity contribution is 5.93. The summed E-state index contributed by atoms with van der Waals surface area (Å²) in [5.74, 6) is -0.171. The molecule has 100 valence electrons. The van der Waals surface area contributed by atoms with Crippen molar-refractivity contribution in [2.75, 3.05) is 26.2 Å². The molecule has 0 saturated carbocycles. The van der Waals surface area contributed by atoms with Crippen LogP contribution in [0, 0.1) is 5.92 Å². The van der Waals surface area contributed by atoms with Gasteiger partial charge < -0.3 is 9.80 Å². The SMILES string of the molecule is C=CC(=O)N1CC(F)(C(=O)N2CCC(C)CC2)C1. The minimum absolute atomic E-state index is 0.136. The Labute approximate surface area is 106 Å². The third kappa shape index (κ3) is 2.26. The lowest BCUT2D eigenvalue weighted by Gasteiger charge is -2.45. The molecule has 0 atom stereocenters. The maximum Gasteiger partial charge on any atom is 0.264 e. The van der Waals surface area contributed by atoms with Crippen LogP contribution in [0.2, 0.25) is 0 Å². The summed E-state index contributed by atoms with van der Waals surface area (Å²) in [5.41, 5.74) is -1.88. The zero-order valence-corrected chi connectivity index (χ0v) is 10.7. The number of rotatable bonds is 2. The van der Waals surface area contributed by atoms with Crippen LogP contribution in [0.3, 0.4) is 0 Å². The van der Waals surface area contributed by atoms with Gasteiger partial charge in [-0.25, -0.2) is 4.39 Å². The largest absolute Gasteiger partial charge is 0.340 e. The van der Waals surface area contributed by atoms with Crippen molar-refractivity contribution in [2.24, 2.45) is 5.92 Å². The van der Waals surface area contributed by atoms with Crippen molar-refractivity contribution in [3.63, 3.8) is 0 Å². The normalized spacial score (nSPS) is 23.4. The molecule has 0 spiro atoms. The lowest BCUT2D eigenvalue weighted by molar-refractivity contribution is -0.162. The van der Waals surface area contributed by atoms with Crippen molar-refractivity contribution < 1.29 is 14.0 Å². The number of hydrogen-bond donors (Lipinski definition) is 0. The third-order valence-corrected chi connectivity index (χ3v) is 3.82. The van der Waals surface area contributed by atoms with Gasteiger partial charge in [-0.2, -0.15) is 0 Å². The van der Waals surface area contributed by atoms with Crippen LogP contribution in [0.25, 0.3) is 0 Å². The second-order valence-electron chi connectivity index (χ2n) is 5.34. The van der Waals surface area contributed by atoms with Gasteiger partial charge >= 0.3 is 0 Å². The summed E-state index contributed by atoms with van der Waals surface area (Å²) in [4.78, 5) is 26.2. The van der Waals surface area contributed by atoms with Gasteiger partial charge in [-0.1, -0.05) is 13.5 Å². The molecular formula is C13H19FN2O2. The second kappa shape index (κ2) is 4.71. The number of piperidine rings is 1. The van der Waals surface area contributed by atoms with E-state index in [1.54, 1.807) is 4.90 Å². The zero-order valence-electron chi connectivity index (χ0n) is 10.7. The van der Waals surface area contributed by atoms with E-state index >= 15 is 0 Å². The van der Waals surface area contributed by atoms with E-state index in [1.807, 2.05) is 0 Å². The van der Waals surface area contributed by atoms with Crippen molar-refractivity contribution >= 4 is 11.8 Å². The topological polar surface area (TPSA) is 40.6 Å². The van der Waals surface area contributed by atoms with Gasteiger partial charge in [0.05, 0.1) is 13.1 Å². The summed E-state index contributed by atoms with van der Waals surface area (Å²) < 4.78 is 14.3. The van der Waals surface area contributed by atoms with Crippen LogP contribution in [0.5, 0.6) is 0 Å². The van der Waals surface area contributed by atoms with Gasteiger partial charge in [-0.05, 0) is 24.8 Å². The number of nitrogens with zero attached hydrogens (tertiary/aromatic N) is 2. The molecule has 0 aromatic carbocycles. The highest BCUT2D eigenvalue weighted by atomic mass is 19.1. The Morgan fingerprint density at radius 2 is 1.83 bits per heavy atom. The van der Waals surface area contributed by atoms with Crippen molar-refractivity contribution in [2.45, 2.75) is 25.4 Å². The predicted molar refractivity (Wildman–Crippen MR) is 65.6 cm³/mol. The van der Waals surface area contributed by atoms with Gasteiger partial charge in [-0.3, -0.25) is 9.59 Å². The summed E-state index contributed by atoms with van der Waals surface area (Å²) >= 11 is 0. The lowest BCUT2D eigenvalue weighted by Crippen LogP contribution is -2.68. The molecule has 2 saturated heterocycles. The molecule has 0 aromatic heterocycles. The minimum atomic E-state index is -1.88. The van der Waals surface area contributed by atoms with E-state index in [4.69, 9.17) is 0 Å². The predicted octanol–water partition coefficient (Wildman–Crippen LogP) is 0.981. The summed E-state index contributed by atoms with van der Waals surface area (Å²) in [6.45, 7) is 6.46. The number of likely N-dealkylation sites (tertiary alicyclic amines) is 2. The van der Waals surface area contributed by atoms with Crippen LogP contribution < -0.4 is 0 Å². The molecule has 0 aliphatic carbocycles. The highest BCUT2D eigenvalue weighted by Crippen LogP contribution is 2.29. The number of halogens is 1. The van der Waals surface area contributed by atoms with E-state index in [9.17, 15) is 14.0 Å². The molecule has 2 aliphatic heterocycles. The zero-order chi connectivity index (χ0) is 13.3. The maximum absolute atomic E-state index is 14.3. The van der Waals surface area contributed by atoms with Crippen LogP contribution in [0.4, 0.5) is 4.39 Å². The van der Waals surface area contributed by atoms with E-state index in [-0.39, 0.29) is 19.0 Å². The smallest absolute Gasteiger partial charge is 0.264 e. The van der Waals surface area contributed by atoms with Crippen molar-refractivity contribution in [1.82, 2.24) is 9.80 Å². The standard InChI is InChI=1S/C13H19FN2O2/c1-3-11(17)16-8-13(14,9-16)12(18)15-6-4-10(2)5-7-15/h3,10H,1,4-9H2,2H3. The molecule has 2 rings (SSSR count). The van der Waals surface area contributed by atoms with Crippen molar-refractivity contribution in [1.29, 1.82) is 0 Å². The van der Waals surface area contributed by atoms with Crippen molar-refractivity contribution in [3.8, 4) is 0 Å². The van der Waals surface area contributed by atoms with Crippen LogP contribution in [0.1, 0.15) is 19.8 Å². The van der Waals surface area contributed by atoms with Crippen LogP contribution in [-0.4, -0.2) is 53.5 Å². The van der Waals surface area contributed by atoms with E-state index < -0.39 is 11.6 Å². The number of hydrogen-bond acceptors (Lipinski definition) is 2. The second-order valence-corrected chi connectivity index (χ2v) is 5.34. The molecule has 4 nitrogen and oxygen atoms in total. The Morgan fingerprint density at radius 3 is 2.33 bits per heavy atom. The van der Waals surface area contributed by atoms with Gasteiger partial charge in [-0.15, -0.1) is 0 Å². The molecule has 0 unspecified atom stereocenters. The fraction of sp³-hybridized carbons (Fsp3) is 0.692. The van der Waals surface area contributed by atoms with Crippen LogP contribution in [-0.2, 0) is 9.59 Å². The molecule has 5 heteroatoms. The minimum Gasteiger partial charge on any atom is -0.340 e. The Morgan fingerprint density at radius 1 is 1.28 bits per heavy atom. The maximum atomic E-state index is 14.3. The Balaban J connectivity index is 1.90. The first-order chi connectivity index (χ1) is 8.46. The van der Waals surface area contributed by atoms with Gasteiger partial charge in [0.1, 0.15) is 0 Å². The third-order valence-electron chi connectivity index (χ3n) is 3.82. The Kier molecular flexibility index (Phi) is 3.41. The molecule has 0 radical (unpaired) electrons. The van der Waals surface area contributed by atoms with Gasteiger partial charge in [0.25, 0.3) is 5.91 Å². The summed E-state index contributed by atoms with van der Waals surface area (Å²) in [6, 6.07) is 0. The molecule has 0 bridgehead atoms. The van der Waals surface area contributed by atoms with E-state index in [2.05, 4.69) is 13.5 Å². The molecule has 0 aromatic rings. The number of amides is 2. The monoisotopic (exact) mass is 254 g/mol. The first-order valence-electron chi connectivity index (χ1n) is 6.36. The first-order valence-corrected chi connectivity index (χ1v) is 6.36. The number of carbonyl (C=O) groups excluding carboxylic acids is 2. The van der Waals surface area contributed by atoms with Crippen molar-refractivity contribution in [3.05, 3.63) is 12.7 Å². The Bertz CT molecular complexity index is 369. The molecule has 2 aliphatic rings. The van der Waals surface area contributed by atoms with E-state index in [1.165, 1.54) is 4.90 Å². The molecule has 2 fully saturated rings. The van der Waals surface area contributed by atoms with Crippen LogP contribution >= 0.6 is 0 Å². The number of alkyl halides is 1. The average molecular weight is 254 g/mol. The number of carbonyl (C=O) groups is 2. The first kappa shape index (κ1) is 13.1. The fourth-order valence-electron chi connectivity index (χ4n) is 2.47. The highest BCUT2D eigenvalue weighted by Gasteiger charge is 2.53.